The molecule has 0 aliphatic carbocycles. The van der Waals surface area contributed by atoms with Gasteiger partial charge in [-0.3, -0.25) is 9.59 Å². The van der Waals surface area contributed by atoms with Crippen LogP contribution in [0.15, 0.2) is 16.1 Å². The van der Waals surface area contributed by atoms with Crippen LogP contribution in [0.4, 0.5) is 17.6 Å². The molecule has 13 nitrogen and oxygen atoms in total. The van der Waals surface area contributed by atoms with Gasteiger partial charge in [0, 0.05) is 46.1 Å². The molecule has 0 radical (unpaired) electrons. The number of amides is 2. The molecule has 1 saturated heterocycles. The lowest BCUT2D eigenvalue weighted by atomic mass is 10.3. The van der Waals surface area contributed by atoms with Crippen LogP contribution in [-0.4, -0.2) is 88.6 Å². The molecule has 3 heterocycles. The molecule has 3 rings (SSSR count). The molecule has 1 aliphatic rings. The maximum Gasteiger partial charge on any atom is 0.352 e. The largest absolute Gasteiger partial charge is 0.604 e. The van der Waals surface area contributed by atoms with E-state index >= 15 is 0 Å². The summed E-state index contributed by atoms with van der Waals surface area (Å²) >= 11 is -2.07. The molecule has 0 aromatic carbocycles. The highest BCUT2D eigenvalue weighted by atomic mass is 32.2. The highest BCUT2D eigenvalue weighted by molar-refractivity contribution is 7.91. The van der Waals surface area contributed by atoms with Gasteiger partial charge in [-0.15, -0.1) is 0 Å². The number of methoxy groups -OCH3 is 2. The zero-order valence-corrected chi connectivity index (χ0v) is 19.9. The summed E-state index contributed by atoms with van der Waals surface area (Å²) in [6.07, 6.45) is 0. The zero-order valence-electron chi connectivity index (χ0n) is 19.0. The topological polar surface area (TPSA) is 158 Å². The molecule has 0 spiro atoms. The molecule has 2 N–H and O–H groups in total. The molecule has 14 heteroatoms. The molecule has 0 bridgehead atoms. The fraction of sp³-hybridized carbons (Fsp3) is 0.474. The van der Waals surface area contributed by atoms with Crippen LogP contribution in [-0.2, 0) is 20.8 Å². The Morgan fingerprint density at radius 3 is 1.85 bits per heavy atom. The van der Waals surface area contributed by atoms with E-state index in [0.29, 0.717) is 19.0 Å². The molecule has 2 aromatic rings. The van der Waals surface area contributed by atoms with Crippen molar-refractivity contribution in [3.63, 3.8) is 0 Å². The van der Waals surface area contributed by atoms with Crippen molar-refractivity contribution in [1.29, 1.82) is 0 Å². The number of carbonyl (C=O) groups excluding carboxylic acids is 2. The van der Waals surface area contributed by atoms with E-state index in [4.69, 9.17) is 9.47 Å². The number of nitrogens with zero attached hydrogens (tertiary/aromatic N) is 6. The van der Waals surface area contributed by atoms with Crippen LogP contribution in [0, 0.1) is 0 Å². The number of carbonyl (C=O) groups is 2. The van der Waals surface area contributed by atoms with Crippen LogP contribution in [0.1, 0.15) is 13.8 Å². The Morgan fingerprint density at radius 2 is 1.42 bits per heavy atom. The van der Waals surface area contributed by atoms with Gasteiger partial charge in [0.05, 0.1) is 25.4 Å². The first kappa shape index (κ1) is 24.4. The quantitative estimate of drug-likeness (QED) is 0.411. The van der Waals surface area contributed by atoms with Crippen molar-refractivity contribution in [2.75, 3.05) is 63.0 Å². The summed E-state index contributed by atoms with van der Waals surface area (Å²) < 4.78 is 24.3. The minimum Gasteiger partial charge on any atom is -0.604 e. The first-order valence-electron chi connectivity index (χ1n) is 10.0. The van der Waals surface area contributed by atoms with Crippen molar-refractivity contribution in [2.45, 2.75) is 23.9 Å². The van der Waals surface area contributed by atoms with Crippen molar-refractivity contribution in [3.8, 4) is 11.8 Å². The Labute approximate surface area is 194 Å². The molecule has 1 aliphatic heterocycles. The number of anilines is 3. The predicted molar refractivity (Wildman–Crippen MR) is 120 cm³/mol. The van der Waals surface area contributed by atoms with Crippen molar-refractivity contribution < 1.29 is 23.6 Å². The normalized spacial score (nSPS) is 15.0. The van der Waals surface area contributed by atoms with E-state index in [2.05, 4.69) is 35.5 Å². The molecule has 178 valence electrons. The predicted octanol–water partition coefficient (Wildman–Crippen LogP) is 0.119. The average molecular weight is 479 g/mol. The van der Waals surface area contributed by atoms with Crippen molar-refractivity contribution >= 4 is 40.6 Å². The van der Waals surface area contributed by atoms with E-state index in [0.717, 1.165) is 13.1 Å². The molecule has 1 fully saturated rings. The zero-order chi connectivity index (χ0) is 24.1. The van der Waals surface area contributed by atoms with Gasteiger partial charge in [0.2, 0.25) is 17.8 Å². The van der Waals surface area contributed by atoms with Crippen LogP contribution in [0.5, 0.6) is 11.8 Å². The summed E-state index contributed by atoms with van der Waals surface area (Å²) in [6.45, 7) is 5.72. The third-order valence-electron chi connectivity index (χ3n) is 4.63. The van der Waals surface area contributed by atoms with Crippen LogP contribution < -0.4 is 25.0 Å². The first-order valence-corrected chi connectivity index (χ1v) is 11.2. The van der Waals surface area contributed by atoms with Gasteiger partial charge in [-0.05, 0) is 7.05 Å². The lowest BCUT2D eigenvalue weighted by molar-refractivity contribution is -0.115. The third kappa shape index (κ3) is 5.97. The minimum atomic E-state index is -2.07. The number of hydrogen-bond acceptors (Lipinski definition) is 11. The number of hydrogen-bond donors (Lipinski definition) is 2. The molecular weight excluding hydrogens is 452 g/mol. The number of aromatic nitrogens is 4. The van der Waals surface area contributed by atoms with Gasteiger partial charge in [-0.2, -0.15) is 19.9 Å². The van der Waals surface area contributed by atoms with Crippen LogP contribution >= 0.6 is 0 Å². The number of nitrogens with one attached hydrogen (secondary N) is 2. The van der Waals surface area contributed by atoms with Gasteiger partial charge in [0.1, 0.15) is 11.6 Å². The van der Waals surface area contributed by atoms with Gasteiger partial charge < -0.3 is 34.5 Å². The number of piperazine rings is 1. The van der Waals surface area contributed by atoms with E-state index in [-0.39, 0.29) is 33.4 Å². The molecular formula is C19H26N8O5S. The maximum absolute atomic E-state index is 13.5. The summed E-state index contributed by atoms with van der Waals surface area (Å²) in [6, 6.07) is 1.35. The lowest BCUT2D eigenvalue weighted by Crippen LogP contribution is -2.45. The maximum atomic E-state index is 13.5. The van der Waals surface area contributed by atoms with Gasteiger partial charge >= 0.3 is 5.16 Å². The lowest BCUT2D eigenvalue weighted by Gasteiger charge is -2.32. The second-order valence-electron chi connectivity index (χ2n) is 7.21. The minimum absolute atomic E-state index is 0.0339. The van der Waals surface area contributed by atoms with Gasteiger partial charge in [0.25, 0.3) is 16.7 Å². The standard InChI is InChI=1S/C19H26N8O5S/c1-11(28)20-13-10-14(21-12(2)29)23-19(22-13)33(30)15-16(31-4)24-18(25-17(15)32-5)27-8-6-26(3)7-9-27/h10H,6-9H2,1-5H3,(H2,20,21,22,23,28,29). The highest BCUT2D eigenvalue weighted by Gasteiger charge is 2.34. The summed E-state index contributed by atoms with van der Waals surface area (Å²) in [5.41, 5.74) is 0. The van der Waals surface area contributed by atoms with E-state index in [1.54, 1.807) is 0 Å². The molecule has 2 amide bonds. The second-order valence-corrected chi connectivity index (χ2v) is 8.52. The van der Waals surface area contributed by atoms with Crippen molar-refractivity contribution in [1.82, 2.24) is 24.8 Å². The monoisotopic (exact) mass is 478 g/mol. The fourth-order valence-corrected chi connectivity index (χ4v) is 4.19. The fourth-order valence-electron chi connectivity index (χ4n) is 3.07. The average Bonchev–Trinajstić information content (AvgIpc) is 2.77. The van der Waals surface area contributed by atoms with Crippen LogP contribution in [0.2, 0.25) is 0 Å². The van der Waals surface area contributed by atoms with Crippen LogP contribution in [0.3, 0.4) is 0 Å². The number of ether oxygens (including phenoxy) is 2. The number of rotatable bonds is 7. The molecule has 1 unspecified atom stereocenters. The first-order chi connectivity index (χ1) is 15.7. The van der Waals surface area contributed by atoms with Crippen LogP contribution in [0.25, 0.3) is 0 Å². The Hall–Kier alpha value is -3.23. The molecule has 0 saturated carbocycles. The summed E-state index contributed by atoms with van der Waals surface area (Å²) in [5.74, 6) is -0.171. The summed E-state index contributed by atoms with van der Waals surface area (Å²) in [7, 11) is 4.83. The third-order valence-corrected chi connectivity index (χ3v) is 5.86. The van der Waals surface area contributed by atoms with E-state index in [1.807, 2.05) is 11.9 Å². The van der Waals surface area contributed by atoms with E-state index < -0.39 is 23.0 Å². The summed E-state index contributed by atoms with van der Waals surface area (Å²) in [4.78, 5) is 44.4. The smallest absolute Gasteiger partial charge is 0.352 e. The van der Waals surface area contributed by atoms with Gasteiger partial charge in [-0.25, -0.2) is 0 Å². The molecule has 2 aromatic heterocycles. The van der Waals surface area contributed by atoms with Crippen molar-refractivity contribution in [3.05, 3.63) is 6.07 Å². The molecule has 33 heavy (non-hydrogen) atoms. The SMILES string of the molecule is COc1nc(N2CCN(C)CC2)nc(OC)c1[S+]([O-])c1nc(NC(C)=O)cc(NC(C)=O)n1. The van der Waals surface area contributed by atoms with E-state index in [9.17, 15) is 14.1 Å². The number of likely N-dealkylation sites (N-methyl/N-ethyl adjacent to an activating group) is 1. The Kier molecular flexibility index (Phi) is 7.84. The Bertz CT molecular complexity index is 972. The highest BCUT2D eigenvalue weighted by Crippen LogP contribution is 2.36. The van der Waals surface area contributed by atoms with Gasteiger partial charge in [0.15, 0.2) is 0 Å². The Morgan fingerprint density at radius 1 is 0.939 bits per heavy atom. The van der Waals surface area contributed by atoms with E-state index in [1.165, 1.54) is 34.1 Å². The van der Waals surface area contributed by atoms with Crippen molar-refractivity contribution in [2.24, 2.45) is 0 Å². The Balaban J connectivity index is 2.04. The second kappa shape index (κ2) is 10.6. The van der Waals surface area contributed by atoms with Gasteiger partial charge in [-0.1, -0.05) is 0 Å². The molecule has 1 atom stereocenters. The summed E-state index contributed by atoms with van der Waals surface area (Å²) in [5, 5.41) is 4.80.